The van der Waals surface area contributed by atoms with Crippen LogP contribution in [0.15, 0.2) is 6.33 Å². The molecule has 4 fully saturated rings. The molecule has 3 saturated carbocycles. The van der Waals surface area contributed by atoms with Crippen LogP contribution < -0.4 is 5.32 Å². The average Bonchev–Trinajstić information content (AvgIpc) is 3.53. The second-order valence-corrected chi connectivity index (χ2v) is 12.2. The van der Waals surface area contributed by atoms with Crippen molar-refractivity contribution in [2.24, 2.45) is 11.3 Å². The second-order valence-electron chi connectivity index (χ2n) is 12.2. The molecule has 2 aromatic heterocycles. The number of imidazole rings is 1. The third-order valence-corrected chi connectivity index (χ3v) is 9.31. The number of carbonyl (C=O) groups excluding carboxylic acids is 2. The summed E-state index contributed by atoms with van der Waals surface area (Å²) < 4.78 is 28.3. The van der Waals surface area contributed by atoms with Gasteiger partial charge in [-0.3, -0.25) is 14.2 Å². The van der Waals surface area contributed by atoms with Gasteiger partial charge in [-0.15, -0.1) is 0 Å². The van der Waals surface area contributed by atoms with E-state index >= 15 is 0 Å². The minimum absolute atomic E-state index is 0.00938. The number of anilines is 1. The Morgan fingerprint density at radius 1 is 1.15 bits per heavy atom. The van der Waals surface area contributed by atoms with Gasteiger partial charge in [0.05, 0.1) is 18.3 Å². The Balaban J connectivity index is 1.28. The van der Waals surface area contributed by atoms with E-state index in [0.717, 1.165) is 70.1 Å². The Hall–Kier alpha value is -2.66. The van der Waals surface area contributed by atoms with Crippen LogP contribution in [0.5, 0.6) is 0 Å². The topological polar surface area (TPSA) is 128 Å². The first kappa shape index (κ1) is 28.9. The lowest BCUT2D eigenvalue weighted by Crippen LogP contribution is -2.47. The highest BCUT2D eigenvalue weighted by molar-refractivity contribution is 5.96. The molecule has 3 atom stereocenters. The van der Waals surface area contributed by atoms with E-state index < -0.39 is 29.4 Å². The van der Waals surface area contributed by atoms with Gasteiger partial charge < -0.3 is 19.9 Å². The summed E-state index contributed by atoms with van der Waals surface area (Å²) in [6, 6.07) is 0. The SMILES string of the molecule is CCCCCCCCC(=O)Nc1nc(F)nc2c1ncn2[C@H]1C[C@H](OC(=O)C23CCC(CC2)CC3)[C@@](C)(CO)O1. The molecule has 1 amide bonds. The van der Waals surface area contributed by atoms with Crippen LogP contribution in [0.1, 0.15) is 110 Å². The molecule has 2 bridgehead atoms. The molecule has 10 nitrogen and oxygen atoms in total. The first-order valence-corrected chi connectivity index (χ1v) is 15.0. The lowest BCUT2D eigenvalue weighted by molar-refractivity contribution is -0.181. The van der Waals surface area contributed by atoms with Gasteiger partial charge in [-0.05, 0) is 57.8 Å². The van der Waals surface area contributed by atoms with E-state index in [1.54, 1.807) is 11.5 Å². The fourth-order valence-electron chi connectivity index (χ4n) is 6.61. The largest absolute Gasteiger partial charge is 0.459 e. The van der Waals surface area contributed by atoms with Crippen LogP contribution in [0.25, 0.3) is 11.2 Å². The Labute approximate surface area is 234 Å². The maximum Gasteiger partial charge on any atom is 0.312 e. The van der Waals surface area contributed by atoms with E-state index in [1.165, 1.54) is 19.2 Å². The van der Waals surface area contributed by atoms with E-state index in [0.29, 0.717) is 6.42 Å². The summed E-state index contributed by atoms with van der Waals surface area (Å²) in [7, 11) is 0. The predicted molar refractivity (Wildman–Crippen MR) is 146 cm³/mol. The lowest BCUT2D eigenvalue weighted by Gasteiger charge is -2.45. The van der Waals surface area contributed by atoms with Crippen LogP contribution in [0.2, 0.25) is 0 Å². The van der Waals surface area contributed by atoms with Crippen molar-refractivity contribution in [3.63, 3.8) is 0 Å². The van der Waals surface area contributed by atoms with Crippen LogP contribution in [0, 0.1) is 17.4 Å². The monoisotopic (exact) mass is 559 g/mol. The maximum atomic E-state index is 14.5. The molecule has 1 saturated heterocycles. The van der Waals surface area contributed by atoms with Crippen molar-refractivity contribution in [2.75, 3.05) is 11.9 Å². The molecule has 220 valence electrons. The number of carbonyl (C=O) groups is 2. The standard InChI is InChI=1S/C29H42FN5O5/c1-3-4-5-6-7-8-9-21(37)32-24-23-25(34-27(30)33-24)35(18-31-23)22-16-20(28(2,17-36)40-22)39-26(38)29-13-10-19(11-14-29)12-15-29/h18-20,22,36H,3-17H2,1-2H3,(H,32,33,34,37)/t19?,20-,22+,28+,29?/m0/s1. The molecular formula is C29H42FN5O5. The molecule has 3 aliphatic carbocycles. The summed E-state index contributed by atoms with van der Waals surface area (Å²) in [5.74, 6) is 0.269. The van der Waals surface area contributed by atoms with Gasteiger partial charge in [0, 0.05) is 12.8 Å². The third-order valence-electron chi connectivity index (χ3n) is 9.31. The summed E-state index contributed by atoms with van der Waals surface area (Å²) in [5.41, 5.74) is -1.18. The van der Waals surface area contributed by atoms with Crippen molar-refractivity contribution in [1.82, 2.24) is 19.5 Å². The number of hydrogen-bond acceptors (Lipinski definition) is 8. The molecule has 0 unspecified atom stereocenters. The summed E-state index contributed by atoms with van der Waals surface area (Å²) in [6.45, 7) is 3.52. The van der Waals surface area contributed by atoms with Gasteiger partial charge in [0.1, 0.15) is 17.9 Å². The minimum atomic E-state index is -1.14. The van der Waals surface area contributed by atoms with Crippen LogP contribution in [-0.4, -0.2) is 54.8 Å². The molecule has 3 heterocycles. The van der Waals surface area contributed by atoms with E-state index in [4.69, 9.17) is 9.47 Å². The normalized spacial score (nSPS) is 29.6. The van der Waals surface area contributed by atoms with Gasteiger partial charge in [0.2, 0.25) is 5.91 Å². The Morgan fingerprint density at radius 2 is 1.85 bits per heavy atom. The highest BCUT2D eigenvalue weighted by Crippen LogP contribution is 2.52. The van der Waals surface area contributed by atoms with E-state index in [-0.39, 0.29) is 41.9 Å². The second kappa shape index (κ2) is 12.1. The number of nitrogens with zero attached hydrogens (tertiary/aromatic N) is 4. The highest BCUT2D eigenvalue weighted by atomic mass is 19.1. The van der Waals surface area contributed by atoms with Crippen LogP contribution in [0.3, 0.4) is 0 Å². The molecule has 0 aromatic carbocycles. The molecule has 0 radical (unpaired) electrons. The summed E-state index contributed by atoms with van der Waals surface area (Å²) in [6.07, 6.45) is 11.6. The van der Waals surface area contributed by atoms with Crippen molar-refractivity contribution in [1.29, 1.82) is 0 Å². The summed E-state index contributed by atoms with van der Waals surface area (Å²) in [4.78, 5) is 38.0. The number of fused-ring (bicyclic) bond motifs is 4. The summed E-state index contributed by atoms with van der Waals surface area (Å²) in [5, 5.41) is 12.9. The average molecular weight is 560 g/mol. The van der Waals surface area contributed by atoms with Gasteiger partial charge in [0.25, 0.3) is 0 Å². The molecule has 6 rings (SSSR count). The number of aliphatic hydroxyl groups excluding tert-OH is 1. The zero-order valence-corrected chi connectivity index (χ0v) is 23.7. The fraction of sp³-hybridized carbons (Fsp3) is 0.759. The minimum Gasteiger partial charge on any atom is -0.459 e. The number of aromatic nitrogens is 4. The smallest absolute Gasteiger partial charge is 0.312 e. The van der Waals surface area contributed by atoms with Crippen molar-refractivity contribution in [3.8, 4) is 0 Å². The number of halogens is 1. The van der Waals surface area contributed by atoms with E-state index in [9.17, 15) is 19.1 Å². The van der Waals surface area contributed by atoms with Crippen molar-refractivity contribution in [3.05, 3.63) is 12.4 Å². The summed E-state index contributed by atoms with van der Waals surface area (Å²) >= 11 is 0. The lowest BCUT2D eigenvalue weighted by atomic mass is 9.61. The third kappa shape index (κ3) is 5.86. The maximum absolute atomic E-state index is 14.5. The molecular weight excluding hydrogens is 517 g/mol. The molecule has 1 aliphatic heterocycles. The van der Waals surface area contributed by atoms with Crippen molar-refractivity contribution in [2.45, 2.75) is 122 Å². The molecule has 0 spiro atoms. The van der Waals surface area contributed by atoms with Gasteiger partial charge in [-0.2, -0.15) is 14.4 Å². The van der Waals surface area contributed by atoms with Gasteiger partial charge in [-0.25, -0.2) is 4.98 Å². The van der Waals surface area contributed by atoms with E-state index in [2.05, 4.69) is 27.2 Å². The number of aliphatic hydroxyl groups is 1. The highest BCUT2D eigenvalue weighted by Gasteiger charge is 2.52. The number of nitrogens with one attached hydrogen (secondary N) is 1. The molecule has 2 N–H and O–H groups in total. The Bertz CT molecular complexity index is 1200. The van der Waals surface area contributed by atoms with Crippen LogP contribution in [-0.2, 0) is 19.1 Å². The van der Waals surface area contributed by atoms with Crippen molar-refractivity contribution < 1.29 is 28.6 Å². The number of esters is 1. The number of amides is 1. The Kier molecular flexibility index (Phi) is 8.70. The van der Waals surface area contributed by atoms with Crippen molar-refractivity contribution >= 4 is 28.9 Å². The molecule has 40 heavy (non-hydrogen) atoms. The number of ether oxygens (including phenoxy) is 2. The number of hydrogen-bond donors (Lipinski definition) is 2. The van der Waals surface area contributed by atoms with Gasteiger partial charge in [-0.1, -0.05) is 39.0 Å². The number of unbranched alkanes of at least 4 members (excludes halogenated alkanes) is 5. The first-order valence-electron chi connectivity index (χ1n) is 15.0. The number of rotatable bonds is 12. The quantitative estimate of drug-likeness (QED) is 0.206. The molecule has 11 heteroatoms. The predicted octanol–water partition coefficient (Wildman–Crippen LogP) is 5.21. The first-order chi connectivity index (χ1) is 19.3. The molecule has 2 aromatic rings. The zero-order valence-electron chi connectivity index (χ0n) is 23.7. The Morgan fingerprint density at radius 3 is 2.55 bits per heavy atom. The van der Waals surface area contributed by atoms with Gasteiger partial charge >= 0.3 is 12.0 Å². The van der Waals surface area contributed by atoms with Crippen LogP contribution >= 0.6 is 0 Å². The van der Waals surface area contributed by atoms with E-state index in [1.807, 2.05) is 0 Å². The molecule has 4 aliphatic rings. The fourth-order valence-corrected chi connectivity index (χ4v) is 6.61. The van der Waals surface area contributed by atoms with Gasteiger partial charge in [0.15, 0.2) is 17.0 Å². The zero-order chi connectivity index (χ0) is 28.3. The van der Waals surface area contributed by atoms with Crippen LogP contribution in [0.4, 0.5) is 10.2 Å².